The molecule has 1 aromatic heterocycles. The third kappa shape index (κ3) is 0.943. The lowest BCUT2D eigenvalue weighted by Gasteiger charge is -2.21. The predicted octanol–water partition coefficient (Wildman–Crippen LogP) is 0.527. The van der Waals surface area contributed by atoms with Crippen LogP contribution in [0.15, 0.2) is 6.20 Å². The SMILES string of the molecule is C[C@@H]1CNc2c(N)cnn2C1. The molecule has 0 bridgehead atoms. The Morgan fingerprint density at radius 1 is 1.82 bits per heavy atom. The summed E-state index contributed by atoms with van der Waals surface area (Å²) in [6, 6.07) is 0. The van der Waals surface area contributed by atoms with E-state index in [2.05, 4.69) is 17.3 Å². The van der Waals surface area contributed by atoms with Crippen molar-refractivity contribution in [3.8, 4) is 0 Å². The fraction of sp³-hybridized carbons (Fsp3) is 0.571. The Labute approximate surface area is 65.4 Å². The van der Waals surface area contributed by atoms with Crippen molar-refractivity contribution in [3.05, 3.63) is 6.20 Å². The van der Waals surface area contributed by atoms with E-state index in [1.165, 1.54) is 0 Å². The van der Waals surface area contributed by atoms with Gasteiger partial charge in [0.2, 0.25) is 0 Å². The number of rotatable bonds is 0. The van der Waals surface area contributed by atoms with Gasteiger partial charge < -0.3 is 11.1 Å². The molecule has 3 N–H and O–H groups in total. The van der Waals surface area contributed by atoms with E-state index in [1.807, 2.05) is 4.68 Å². The molecule has 0 saturated heterocycles. The number of nitrogens with two attached hydrogens (primary N) is 1. The van der Waals surface area contributed by atoms with Crippen LogP contribution in [0.25, 0.3) is 0 Å². The van der Waals surface area contributed by atoms with Crippen LogP contribution in [0.5, 0.6) is 0 Å². The highest BCUT2D eigenvalue weighted by atomic mass is 15.3. The Balaban J connectivity index is 2.36. The van der Waals surface area contributed by atoms with E-state index in [0.717, 1.165) is 24.6 Å². The minimum atomic E-state index is 0.641. The molecule has 0 fully saturated rings. The van der Waals surface area contributed by atoms with Crippen molar-refractivity contribution >= 4 is 11.5 Å². The van der Waals surface area contributed by atoms with Crippen molar-refractivity contribution in [3.63, 3.8) is 0 Å². The largest absolute Gasteiger partial charge is 0.394 e. The van der Waals surface area contributed by atoms with E-state index in [0.29, 0.717) is 5.92 Å². The first kappa shape index (κ1) is 6.52. The molecule has 2 heterocycles. The molecule has 4 heteroatoms. The first-order valence-electron chi connectivity index (χ1n) is 3.82. The van der Waals surface area contributed by atoms with Gasteiger partial charge in [-0.05, 0) is 5.92 Å². The molecule has 0 saturated carbocycles. The molecule has 0 unspecified atom stereocenters. The first-order chi connectivity index (χ1) is 5.27. The summed E-state index contributed by atoms with van der Waals surface area (Å²) in [5.41, 5.74) is 6.41. The predicted molar refractivity (Wildman–Crippen MR) is 44.3 cm³/mol. The van der Waals surface area contributed by atoms with Gasteiger partial charge in [0, 0.05) is 13.1 Å². The van der Waals surface area contributed by atoms with Gasteiger partial charge in [-0.1, -0.05) is 6.92 Å². The molecule has 0 radical (unpaired) electrons. The zero-order chi connectivity index (χ0) is 7.84. The summed E-state index contributed by atoms with van der Waals surface area (Å²) in [4.78, 5) is 0. The number of aromatic nitrogens is 2. The fourth-order valence-electron chi connectivity index (χ4n) is 1.36. The standard InChI is InChI=1S/C7H12N4/c1-5-2-9-7-6(8)3-10-11(7)4-5/h3,5,9H,2,4,8H2,1H3/t5-/m1/s1. The van der Waals surface area contributed by atoms with E-state index >= 15 is 0 Å². The van der Waals surface area contributed by atoms with Crippen molar-refractivity contribution < 1.29 is 0 Å². The summed E-state index contributed by atoms with van der Waals surface area (Å²) < 4.78 is 1.92. The average molecular weight is 152 g/mol. The topological polar surface area (TPSA) is 55.9 Å². The molecule has 1 aliphatic rings. The van der Waals surface area contributed by atoms with Crippen LogP contribution in [0.3, 0.4) is 0 Å². The second-order valence-electron chi connectivity index (χ2n) is 3.12. The number of hydrogen-bond acceptors (Lipinski definition) is 3. The van der Waals surface area contributed by atoms with Crippen LogP contribution in [-0.2, 0) is 6.54 Å². The summed E-state index contributed by atoms with van der Waals surface area (Å²) in [5, 5.41) is 7.37. The Bertz CT molecular complexity index is 265. The quantitative estimate of drug-likeness (QED) is 0.570. The monoisotopic (exact) mass is 152 g/mol. The fourth-order valence-corrected chi connectivity index (χ4v) is 1.36. The maximum absolute atomic E-state index is 5.66. The van der Waals surface area contributed by atoms with Crippen molar-refractivity contribution in [1.82, 2.24) is 9.78 Å². The molecule has 1 aromatic rings. The van der Waals surface area contributed by atoms with Crippen molar-refractivity contribution in [1.29, 1.82) is 0 Å². The van der Waals surface area contributed by atoms with E-state index in [1.54, 1.807) is 6.20 Å². The number of hydrogen-bond donors (Lipinski definition) is 2. The average Bonchev–Trinajstić information content (AvgIpc) is 2.32. The van der Waals surface area contributed by atoms with Gasteiger partial charge in [-0.15, -0.1) is 0 Å². The summed E-state index contributed by atoms with van der Waals surface area (Å²) in [5.74, 6) is 1.62. The molecule has 11 heavy (non-hydrogen) atoms. The molecule has 0 spiro atoms. The maximum Gasteiger partial charge on any atom is 0.147 e. The van der Waals surface area contributed by atoms with Crippen LogP contribution in [0.4, 0.5) is 11.5 Å². The van der Waals surface area contributed by atoms with Gasteiger partial charge in [-0.3, -0.25) is 0 Å². The highest BCUT2D eigenvalue weighted by molar-refractivity contribution is 5.61. The minimum absolute atomic E-state index is 0.641. The molecule has 60 valence electrons. The lowest BCUT2D eigenvalue weighted by atomic mass is 10.1. The maximum atomic E-state index is 5.66. The molecule has 1 aliphatic heterocycles. The first-order valence-corrected chi connectivity index (χ1v) is 3.82. The normalized spacial score (nSPS) is 22.5. The Morgan fingerprint density at radius 3 is 3.45 bits per heavy atom. The van der Waals surface area contributed by atoms with Gasteiger partial charge in [-0.2, -0.15) is 5.10 Å². The van der Waals surface area contributed by atoms with Crippen LogP contribution in [0.2, 0.25) is 0 Å². The summed E-state index contributed by atoms with van der Waals surface area (Å²) >= 11 is 0. The third-order valence-electron chi connectivity index (χ3n) is 1.97. The number of nitrogens with one attached hydrogen (secondary N) is 1. The smallest absolute Gasteiger partial charge is 0.147 e. The molecular formula is C7H12N4. The van der Waals surface area contributed by atoms with Gasteiger partial charge >= 0.3 is 0 Å². The molecule has 1 atom stereocenters. The molecule has 4 nitrogen and oxygen atoms in total. The second kappa shape index (κ2) is 2.15. The molecule has 0 aliphatic carbocycles. The van der Waals surface area contributed by atoms with Crippen molar-refractivity contribution in [2.75, 3.05) is 17.6 Å². The summed E-state index contributed by atoms with van der Waals surface area (Å²) in [6.07, 6.45) is 1.69. The van der Waals surface area contributed by atoms with Gasteiger partial charge in [0.1, 0.15) is 5.82 Å². The highest BCUT2D eigenvalue weighted by Gasteiger charge is 2.16. The molecule has 0 amide bonds. The highest BCUT2D eigenvalue weighted by Crippen LogP contribution is 2.22. The summed E-state index contributed by atoms with van der Waals surface area (Å²) in [6.45, 7) is 4.16. The Kier molecular flexibility index (Phi) is 1.27. The minimum Gasteiger partial charge on any atom is -0.394 e. The lowest BCUT2D eigenvalue weighted by Crippen LogP contribution is -2.25. The number of nitrogen functional groups attached to an aromatic ring is 1. The third-order valence-corrected chi connectivity index (χ3v) is 1.97. The van der Waals surface area contributed by atoms with Gasteiger partial charge in [-0.25, -0.2) is 4.68 Å². The zero-order valence-electron chi connectivity index (χ0n) is 6.54. The molecule has 2 rings (SSSR count). The van der Waals surface area contributed by atoms with E-state index < -0.39 is 0 Å². The van der Waals surface area contributed by atoms with Crippen LogP contribution in [-0.4, -0.2) is 16.3 Å². The zero-order valence-corrected chi connectivity index (χ0v) is 6.54. The van der Waals surface area contributed by atoms with E-state index in [4.69, 9.17) is 5.73 Å². The van der Waals surface area contributed by atoms with Gasteiger partial charge in [0.25, 0.3) is 0 Å². The Morgan fingerprint density at radius 2 is 2.64 bits per heavy atom. The Hall–Kier alpha value is -1.19. The van der Waals surface area contributed by atoms with Crippen LogP contribution < -0.4 is 11.1 Å². The number of anilines is 2. The van der Waals surface area contributed by atoms with Crippen LogP contribution in [0, 0.1) is 5.92 Å². The number of nitrogens with zero attached hydrogens (tertiary/aromatic N) is 2. The second-order valence-corrected chi connectivity index (χ2v) is 3.12. The van der Waals surface area contributed by atoms with E-state index in [-0.39, 0.29) is 0 Å². The summed E-state index contributed by atoms with van der Waals surface area (Å²) in [7, 11) is 0. The van der Waals surface area contributed by atoms with Gasteiger partial charge in [0.15, 0.2) is 0 Å². The molecule has 0 aromatic carbocycles. The van der Waals surface area contributed by atoms with E-state index in [9.17, 15) is 0 Å². The van der Waals surface area contributed by atoms with Crippen LogP contribution in [0.1, 0.15) is 6.92 Å². The van der Waals surface area contributed by atoms with Crippen LogP contribution >= 0.6 is 0 Å². The van der Waals surface area contributed by atoms with Crippen molar-refractivity contribution in [2.45, 2.75) is 13.5 Å². The molecular weight excluding hydrogens is 140 g/mol. The van der Waals surface area contributed by atoms with Gasteiger partial charge in [0.05, 0.1) is 11.9 Å². The lowest BCUT2D eigenvalue weighted by molar-refractivity contribution is 0.445. The number of fused-ring (bicyclic) bond motifs is 1. The van der Waals surface area contributed by atoms with Crippen molar-refractivity contribution in [2.24, 2.45) is 5.92 Å².